The molecule has 2 N–H and O–H groups in total. The molecule has 2 fully saturated rings. The van der Waals surface area contributed by atoms with Crippen molar-refractivity contribution in [2.24, 2.45) is 17.1 Å². The van der Waals surface area contributed by atoms with Crippen LogP contribution in [0.2, 0.25) is 0 Å². The topological polar surface area (TPSA) is 38.5 Å². The van der Waals surface area contributed by atoms with Crippen molar-refractivity contribution in [3.05, 3.63) is 0 Å². The highest BCUT2D eigenvalue weighted by atomic mass is 16.5. The molecule has 1 aliphatic carbocycles. The van der Waals surface area contributed by atoms with Gasteiger partial charge in [-0.3, -0.25) is 0 Å². The van der Waals surface area contributed by atoms with Crippen LogP contribution >= 0.6 is 0 Å². The third kappa shape index (κ3) is 3.93. The Hall–Kier alpha value is -0.120. The van der Waals surface area contributed by atoms with Gasteiger partial charge in [-0.2, -0.15) is 0 Å². The second-order valence-electron chi connectivity index (χ2n) is 7.12. The monoisotopic (exact) mass is 268 g/mol. The molecule has 1 saturated heterocycles. The van der Waals surface area contributed by atoms with Crippen molar-refractivity contribution in [3.8, 4) is 0 Å². The van der Waals surface area contributed by atoms with E-state index in [1.165, 1.54) is 51.7 Å². The fourth-order valence-electron chi connectivity index (χ4n) is 3.83. The molecule has 0 bridgehead atoms. The number of nitrogens with two attached hydrogens (primary N) is 1. The zero-order valence-corrected chi connectivity index (χ0v) is 13.0. The van der Waals surface area contributed by atoms with Crippen molar-refractivity contribution in [1.82, 2.24) is 4.90 Å². The summed E-state index contributed by atoms with van der Waals surface area (Å²) in [5, 5.41) is 0. The minimum absolute atomic E-state index is 0.326. The maximum absolute atomic E-state index is 6.50. The first kappa shape index (κ1) is 15.3. The summed E-state index contributed by atoms with van der Waals surface area (Å²) in [6, 6.07) is 0.367. The molecule has 3 nitrogen and oxygen atoms in total. The first-order chi connectivity index (χ1) is 9.03. The third-order valence-electron chi connectivity index (χ3n) is 5.24. The summed E-state index contributed by atoms with van der Waals surface area (Å²) in [6.07, 6.45) is 6.84. The van der Waals surface area contributed by atoms with Crippen LogP contribution in [0.3, 0.4) is 0 Å². The van der Waals surface area contributed by atoms with E-state index < -0.39 is 0 Å². The smallest absolute Gasteiger partial charge is 0.0599 e. The summed E-state index contributed by atoms with van der Waals surface area (Å²) in [6.45, 7) is 11.2. The van der Waals surface area contributed by atoms with Gasteiger partial charge in [0.25, 0.3) is 0 Å². The molecule has 1 aliphatic heterocycles. The molecule has 0 radical (unpaired) electrons. The van der Waals surface area contributed by atoms with Gasteiger partial charge in [0.15, 0.2) is 0 Å². The van der Waals surface area contributed by atoms with Gasteiger partial charge in [-0.25, -0.2) is 0 Å². The van der Waals surface area contributed by atoms with E-state index in [0.717, 1.165) is 6.61 Å². The normalized spacial score (nSPS) is 33.5. The molecule has 1 saturated carbocycles. The quantitative estimate of drug-likeness (QED) is 0.852. The van der Waals surface area contributed by atoms with Crippen molar-refractivity contribution < 1.29 is 4.74 Å². The zero-order chi connectivity index (χ0) is 13.9. The Balaban J connectivity index is 1.79. The predicted molar refractivity (Wildman–Crippen MR) is 80.2 cm³/mol. The van der Waals surface area contributed by atoms with Gasteiger partial charge in [-0.15, -0.1) is 0 Å². The Labute approximate surface area is 118 Å². The van der Waals surface area contributed by atoms with Crippen molar-refractivity contribution in [1.29, 1.82) is 0 Å². The summed E-state index contributed by atoms with van der Waals surface area (Å²) < 4.78 is 5.72. The van der Waals surface area contributed by atoms with Crippen LogP contribution in [0.5, 0.6) is 0 Å². The van der Waals surface area contributed by atoms with E-state index in [4.69, 9.17) is 10.5 Å². The fraction of sp³-hybridized carbons (Fsp3) is 1.00. The third-order valence-corrected chi connectivity index (χ3v) is 5.24. The average molecular weight is 268 g/mol. The van der Waals surface area contributed by atoms with Crippen LogP contribution in [0.25, 0.3) is 0 Å². The molecule has 2 rings (SSSR count). The number of rotatable bonds is 4. The second-order valence-corrected chi connectivity index (χ2v) is 7.12. The Kier molecular flexibility index (Phi) is 5.27. The SMILES string of the molecule is CCOC1CCN(CC2CCCC(C)(C)C2N)CC1. The maximum atomic E-state index is 6.50. The van der Waals surface area contributed by atoms with Gasteiger partial charge in [0.1, 0.15) is 0 Å². The number of nitrogens with zero attached hydrogens (tertiary/aromatic N) is 1. The standard InChI is InChI=1S/C16H32N2O/c1-4-19-14-7-10-18(11-8-14)12-13-6-5-9-16(2,3)15(13)17/h13-15H,4-12,17H2,1-3H3. The lowest BCUT2D eigenvalue weighted by Crippen LogP contribution is -2.51. The van der Waals surface area contributed by atoms with Gasteiger partial charge >= 0.3 is 0 Å². The van der Waals surface area contributed by atoms with Crippen LogP contribution in [-0.4, -0.2) is 43.3 Å². The summed E-state index contributed by atoms with van der Waals surface area (Å²) in [5.74, 6) is 0.687. The molecule has 0 aromatic carbocycles. The lowest BCUT2D eigenvalue weighted by molar-refractivity contribution is 0.00490. The Morgan fingerprint density at radius 3 is 2.53 bits per heavy atom. The van der Waals surface area contributed by atoms with Crippen molar-refractivity contribution >= 4 is 0 Å². The Morgan fingerprint density at radius 2 is 1.89 bits per heavy atom. The summed E-state index contributed by atoms with van der Waals surface area (Å²) >= 11 is 0. The molecule has 0 amide bonds. The molecule has 19 heavy (non-hydrogen) atoms. The van der Waals surface area contributed by atoms with E-state index in [1.807, 2.05) is 0 Å². The van der Waals surface area contributed by atoms with Gasteiger partial charge in [-0.1, -0.05) is 20.3 Å². The van der Waals surface area contributed by atoms with Crippen LogP contribution in [0, 0.1) is 11.3 Å². The van der Waals surface area contributed by atoms with E-state index in [9.17, 15) is 0 Å². The van der Waals surface area contributed by atoms with E-state index in [-0.39, 0.29) is 0 Å². The molecule has 1 heterocycles. The van der Waals surface area contributed by atoms with Gasteiger partial charge in [0, 0.05) is 32.3 Å². The molecule has 3 heteroatoms. The van der Waals surface area contributed by atoms with Crippen LogP contribution < -0.4 is 5.73 Å². The molecule has 0 spiro atoms. The summed E-state index contributed by atoms with van der Waals surface area (Å²) in [7, 11) is 0. The van der Waals surface area contributed by atoms with E-state index in [0.29, 0.717) is 23.5 Å². The summed E-state index contributed by atoms with van der Waals surface area (Å²) in [5.41, 5.74) is 6.82. The molecule has 2 unspecified atom stereocenters. The van der Waals surface area contributed by atoms with Gasteiger partial charge in [0.05, 0.1) is 6.10 Å². The highest BCUT2D eigenvalue weighted by Gasteiger charge is 2.37. The lowest BCUT2D eigenvalue weighted by atomic mass is 9.68. The molecule has 112 valence electrons. The van der Waals surface area contributed by atoms with Gasteiger partial charge < -0.3 is 15.4 Å². The molecule has 0 aromatic heterocycles. The van der Waals surface area contributed by atoms with Crippen LogP contribution in [0.1, 0.15) is 52.9 Å². The first-order valence-electron chi connectivity index (χ1n) is 8.12. The van der Waals surface area contributed by atoms with Crippen molar-refractivity contribution in [3.63, 3.8) is 0 Å². The minimum atomic E-state index is 0.326. The molecule has 2 aliphatic rings. The van der Waals surface area contributed by atoms with Crippen molar-refractivity contribution in [2.45, 2.75) is 65.0 Å². The minimum Gasteiger partial charge on any atom is -0.378 e. The van der Waals surface area contributed by atoms with Gasteiger partial charge in [0.2, 0.25) is 0 Å². The number of hydrogen-bond acceptors (Lipinski definition) is 3. The zero-order valence-electron chi connectivity index (χ0n) is 13.0. The molecule has 2 atom stereocenters. The number of hydrogen-bond donors (Lipinski definition) is 1. The average Bonchev–Trinajstić information content (AvgIpc) is 2.38. The predicted octanol–water partition coefficient (Wildman–Crippen LogP) is 2.64. The van der Waals surface area contributed by atoms with Crippen LogP contribution in [-0.2, 0) is 4.74 Å². The molecular formula is C16H32N2O. The first-order valence-corrected chi connectivity index (χ1v) is 8.12. The van der Waals surface area contributed by atoms with Crippen molar-refractivity contribution in [2.75, 3.05) is 26.2 Å². The van der Waals surface area contributed by atoms with E-state index in [2.05, 4.69) is 25.7 Å². The highest BCUT2D eigenvalue weighted by Crippen LogP contribution is 2.38. The van der Waals surface area contributed by atoms with Crippen LogP contribution in [0.4, 0.5) is 0 Å². The van der Waals surface area contributed by atoms with Gasteiger partial charge in [-0.05, 0) is 43.9 Å². The van der Waals surface area contributed by atoms with E-state index in [1.54, 1.807) is 0 Å². The fourth-order valence-corrected chi connectivity index (χ4v) is 3.83. The van der Waals surface area contributed by atoms with E-state index >= 15 is 0 Å². The van der Waals surface area contributed by atoms with Crippen LogP contribution in [0.15, 0.2) is 0 Å². The highest BCUT2D eigenvalue weighted by molar-refractivity contribution is 4.92. The maximum Gasteiger partial charge on any atom is 0.0599 e. The molecule has 0 aromatic rings. The number of ether oxygens (including phenoxy) is 1. The largest absolute Gasteiger partial charge is 0.378 e. The number of likely N-dealkylation sites (tertiary alicyclic amines) is 1. The Bertz CT molecular complexity index is 272. The number of piperidine rings is 1. The summed E-state index contributed by atoms with van der Waals surface area (Å²) in [4.78, 5) is 2.61. The lowest BCUT2D eigenvalue weighted by Gasteiger charge is -2.44. The Morgan fingerprint density at radius 1 is 1.21 bits per heavy atom. The second kappa shape index (κ2) is 6.55. The molecular weight excluding hydrogens is 236 g/mol.